The van der Waals surface area contributed by atoms with E-state index in [0.29, 0.717) is 5.22 Å². The third kappa shape index (κ3) is 2.58. The molecule has 4 nitrogen and oxygen atoms in total. The number of carbonyl (C=O) groups excluding carboxylic acids is 1. The van der Waals surface area contributed by atoms with Gasteiger partial charge >= 0.3 is 0 Å². The lowest BCUT2D eigenvalue weighted by atomic mass is 10.1. The Morgan fingerprint density at radius 2 is 2.15 bits per heavy atom. The summed E-state index contributed by atoms with van der Waals surface area (Å²) in [6, 6.07) is 7.94. The highest BCUT2D eigenvalue weighted by molar-refractivity contribution is 8.00. The predicted molar refractivity (Wildman–Crippen MR) is 79.0 cm³/mol. The van der Waals surface area contributed by atoms with Crippen LogP contribution in [-0.2, 0) is 11.2 Å². The first kappa shape index (κ1) is 13.2. The summed E-state index contributed by atoms with van der Waals surface area (Å²) in [6.07, 6.45) is 1.67. The molecular weight excluding hydrogens is 272 g/mol. The Balaban J connectivity index is 1.78. The molecule has 104 valence electrons. The Morgan fingerprint density at radius 3 is 2.90 bits per heavy atom. The van der Waals surface area contributed by atoms with Crippen LogP contribution in [0.3, 0.4) is 0 Å². The topological polar surface area (TPSA) is 55.1 Å². The van der Waals surface area contributed by atoms with Gasteiger partial charge in [-0.1, -0.05) is 30.0 Å². The minimum absolute atomic E-state index is 0.0217. The van der Waals surface area contributed by atoms with E-state index in [1.165, 1.54) is 17.3 Å². The van der Waals surface area contributed by atoms with E-state index in [-0.39, 0.29) is 11.2 Å². The number of carbonyl (C=O) groups is 1. The number of nitrogens with zero attached hydrogens (tertiary/aromatic N) is 1. The number of anilines is 1. The summed E-state index contributed by atoms with van der Waals surface area (Å²) in [5.74, 6) is 0.832. The number of oxazole rings is 1. The molecule has 0 saturated carbocycles. The van der Waals surface area contributed by atoms with Crippen LogP contribution in [0.2, 0.25) is 0 Å². The fourth-order valence-corrected chi connectivity index (χ4v) is 3.23. The maximum absolute atomic E-state index is 12.3. The van der Waals surface area contributed by atoms with Crippen LogP contribution in [0.15, 0.2) is 33.9 Å². The van der Waals surface area contributed by atoms with Crippen molar-refractivity contribution in [1.29, 1.82) is 0 Å². The number of hydrogen-bond donors (Lipinski definition) is 1. The van der Waals surface area contributed by atoms with Crippen LogP contribution in [0.1, 0.15) is 23.4 Å². The fraction of sp³-hybridized carbons (Fsp3) is 0.333. The molecule has 0 spiro atoms. The summed E-state index contributed by atoms with van der Waals surface area (Å²) < 4.78 is 5.56. The average Bonchev–Trinajstić information content (AvgIpc) is 2.65. The fourth-order valence-electron chi connectivity index (χ4n) is 2.22. The molecule has 2 aromatic rings. The van der Waals surface area contributed by atoms with Gasteiger partial charge in [0, 0.05) is 5.69 Å². The molecular formula is C15H16N2O2S. The van der Waals surface area contributed by atoms with Gasteiger partial charge in [0.15, 0.2) is 0 Å². The number of aromatic nitrogens is 1. The number of benzene rings is 1. The normalized spacial score (nSPS) is 18.3. The second-order valence-corrected chi connectivity index (χ2v) is 6.07. The summed E-state index contributed by atoms with van der Waals surface area (Å²) in [5.41, 5.74) is 2.98. The maximum Gasteiger partial charge on any atom is 0.256 e. The van der Waals surface area contributed by atoms with Gasteiger partial charge in [-0.3, -0.25) is 4.79 Å². The molecule has 2 heterocycles. The molecule has 0 unspecified atom stereocenters. The van der Waals surface area contributed by atoms with Crippen molar-refractivity contribution in [1.82, 2.24) is 4.98 Å². The predicted octanol–water partition coefficient (Wildman–Crippen LogP) is 3.34. The van der Waals surface area contributed by atoms with Crippen LogP contribution in [-0.4, -0.2) is 16.1 Å². The third-order valence-corrected chi connectivity index (χ3v) is 4.61. The molecule has 0 bridgehead atoms. The smallest absolute Gasteiger partial charge is 0.256 e. The largest absolute Gasteiger partial charge is 0.437 e. The Labute approximate surface area is 122 Å². The number of para-hydroxylation sites is 1. The van der Waals surface area contributed by atoms with E-state index in [1.54, 1.807) is 0 Å². The van der Waals surface area contributed by atoms with Crippen molar-refractivity contribution in [2.45, 2.75) is 37.2 Å². The zero-order valence-electron chi connectivity index (χ0n) is 11.5. The second kappa shape index (κ2) is 5.32. The van der Waals surface area contributed by atoms with Gasteiger partial charge in [-0.15, -0.1) is 0 Å². The van der Waals surface area contributed by atoms with Crippen LogP contribution < -0.4 is 5.32 Å². The number of amides is 1. The van der Waals surface area contributed by atoms with Gasteiger partial charge in [0.2, 0.25) is 5.91 Å². The molecule has 1 aliphatic rings. The van der Waals surface area contributed by atoms with Gasteiger partial charge in [0.05, 0.1) is 10.9 Å². The molecule has 1 aromatic carbocycles. The molecule has 1 N–H and O–H groups in total. The second-order valence-electron chi connectivity index (χ2n) is 4.91. The van der Waals surface area contributed by atoms with E-state index in [9.17, 15) is 4.79 Å². The summed E-state index contributed by atoms with van der Waals surface area (Å²) >= 11 is 1.40. The van der Waals surface area contributed by atoms with E-state index in [2.05, 4.69) is 16.4 Å². The van der Waals surface area contributed by atoms with Gasteiger partial charge < -0.3 is 9.73 Å². The minimum Gasteiger partial charge on any atom is -0.437 e. The molecule has 0 fully saturated rings. The maximum atomic E-state index is 12.3. The van der Waals surface area contributed by atoms with Gasteiger partial charge in [0.25, 0.3) is 5.22 Å². The van der Waals surface area contributed by atoms with Crippen molar-refractivity contribution in [3.8, 4) is 0 Å². The van der Waals surface area contributed by atoms with Gasteiger partial charge in [-0.25, -0.2) is 4.98 Å². The van der Waals surface area contributed by atoms with Crippen molar-refractivity contribution in [3.63, 3.8) is 0 Å². The number of nitrogens with one attached hydrogen (secondary N) is 1. The Morgan fingerprint density at radius 1 is 1.35 bits per heavy atom. The van der Waals surface area contributed by atoms with Crippen LogP contribution >= 0.6 is 11.8 Å². The first-order chi connectivity index (χ1) is 9.63. The SMILES string of the molecule is Cc1nc(S[C@@H]2CCc3ccccc3NC2=O)oc1C. The Hall–Kier alpha value is -1.75. The number of fused-ring (bicyclic) bond motifs is 1. The lowest BCUT2D eigenvalue weighted by Gasteiger charge is -2.09. The Bertz CT molecular complexity index is 632. The molecule has 0 radical (unpaired) electrons. The first-order valence-corrected chi connectivity index (χ1v) is 7.51. The highest BCUT2D eigenvalue weighted by Gasteiger charge is 2.26. The molecule has 0 saturated heterocycles. The quantitative estimate of drug-likeness (QED) is 0.921. The summed E-state index contributed by atoms with van der Waals surface area (Å²) in [7, 11) is 0. The van der Waals surface area contributed by atoms with E-state index >= 15 is 0 Å². The highest BCUT2D eigenvalue weighted by Crippen LogP contribution is 2.31. The van der Waals surface area contributed by atoms with E-state index in [1.807, 2.05) is 32.0 Å². The molecule has 1 amide bonds. The number of hydrogen-bond acceptors (Lipinski definition) is 4. The zero-order chi connectivity index (χ0) is 14.1. The average molecular weight is 288 g/mol. The number of rotatable bonds is 2. The van der Waals surface area contributed by atoms with Crippen LogP contribution in [0.25, 0.3) is 0 Å². The number of thioether (sulfide) groups is 1. The van der Waals surface area contributed by atoms with Crippen molar-refractivity contribution in [3.05, 3.63) is 41.3 Å². The first-order valence-electron chi connectivity index (χ1n) is 6.63. The molecule has 3 rings (SSSR count). The van der Waals surface area contributed by atoms with Crippen LogP contribution in [0, 0.1) is 13.8 Å². The highest BCUT2D eigenvalue weighted by atomic mass is 32.2. The molecule has 0 aliphatic carbocycles. The lowest BCUT2D eigenvalue weighted by molar-refractivity contribution is -0.115. The Kier molecular flexibility index (Phi) is 3.53. The zero-order valence-corrected chi connectivity index (χ0v) is 12.3. The molecule has 1 atom stereocenters. The van der Waals surface area contributed by atoms with E-state index < -0.39 is 0 Å². The summed E-state index contributed by atoms with van der Waals surface area (Å²) in [4.78, 5) is 16.6. The van der Waals surface area contributed by atoms with Gasteiger partial charge in [0.1, 0.15) is 5.76 Å². The van der Waals surface area contributed by atoms with Crippen LogP contribution in [0.5, 0.6) is 0 Å². The van der Waals surface area contributed by atoms with Crippen molar-refractivity contribution < 1.29 is 9.21 Å². The third-order valence-electron chi connectivity index (χ3n) is 3.50. The molecule has 20 heavy (non-hydrogen) atoms. The van der Waals surface area contributed by atoms with Crippen molar-refractivity contribution >= 4 is 23.4 Å². The lowest BCUT2D eigenvalue weighted by Crippen LogP contribution is -2.23. The molecule has 5 heteroatoms. The number of aryl methyl sites for hydroxylation is 3. The monoisotopic (exact) mass is 288 g/mol. The van der Waals surface area contributed by atoms with E-state index in [0.717, 1.165) is 30.0 Å². The van der Waals surface area contributed by atoms with Gasteiger partial charge in [-0.05, 0) is 38.3 Å². The van der Waals surface area contributed by atoms with Gasteiger partial charge in [-0.2, -0.15) is 0 Å². The minimum atomic E-state index is -0.167. The van der Waals surface area contributed by atoms with Crippen molar-refractivity contribution in [2.24, 2.45) is 0 Å². The summed E-state index contributed by atoms with van der Waals surface area (Å²) in [6.45, 7) is 3.79. The van der Waals surface area contributed by atoms with Crippen molar-refractivity contribution in [2.75, 3.05) is 5.32 Å². The van der Waals surface area contributed by atoms with E-state index in [4.69, 9.17) is 4.42 Å². The molecule has 1 aliphatic heterocycles. The molecule has 1 aromatic heterocycles. The standard InChI is InChI=1S/C15H16N2O2S/c1-9-10(2)19-15(16-9)20-13-8-7-11-5-3-4-6-12(11)17-14(13)18/h3-6,13H,7-8H2,1-2H3,(H,17,18)/t13-/m1/s1. The summed E-state index contributed by atoms with van der Waals surface area (Å²) in [5, 5.41) is 3.39. The van der Waals surface area contributed by atoms with Crippen LogP contribution in [0.4, 0.5) is 5.69 Å².